The van der Waals surface area contributed by atoms with Crippen LogP contribution < -0.4 is 11.1 Å². The van der Waals surface area contributed by atoms with Crippen molar-refractivity contribution in [2.24, 2.45) is 0 Å². The van der Waals surface area contributed by atoms with Crippen LogP contribution in [0.25, 0.3) is 0 Å². The van der Waals surface area contributed by atoms with Gasteiger partial charge in [0, 0.05) is 32.7 Å². The molecule has 0 radical (unpaired) electrons. The number of anilines is 1. The number of nitrogen functional groups attached to an aromatic ring is 1. The van der Waals surface area contributed by atoms with Gasteiger partial charge in [-0.25, -0.2) is 12.7 Å². The highest BCUT2D eigenvalue weighted by Gasteiger charge is 2.16. The van der Waals surface area contributed by atoms with E-state index in [2.05, 4.69) is 5.32 Å². The number of carbonyl (C=O) groups excluding carboxylic acids is 1. The SMILES string of the molecule is CN(C)S(=O)(=O)c1ccc(CNC(=O)CCc2ccccc2N)cc1. The highest BCUT2D eigenvalue weighted by molar-refractivity contribution is 7.89. The van der Waals surface area contributed by atoms with E-state index in [-0.39, 0.29) is 10.8 Å². The van der Waals surface area contributed by atoms with E-state index in [0.717, 1.165) is 11.1 Å². The summed E-state index contributed by atoms with van der Waals surface area (Å²) in [6.45, 7) is 0.353. The number of para-hydroxylation sites is 1. The molecule has 2 rings (SSSR count). The Morgan fingerprint density at radius 3 is 2.32 bits per heavy atom. The number of sulfonamides is 1. The fourth-order valence-electron chi connectivity index (χ4n) is 2.29. The number of rotatable bonds is 7. The second kappa shape index (κ2) is 8.13. The van der Waals surface area contributed by atoms with Crippen LogP contribution in [0.1, 0.15) is 17.5 Å². The van der Waals surface area contributed by atoms with Crippen molar-refractivity contribution in [1.82, 2.24) is 9.62 Å². The average molecular weight is 361 g/mol. The Morgan fingerprint density at radius 1 is 1.08 bits per heavy atom. The first-order chi connectivity index (χ1) is 11.8. The van der Waals surface area contributed by atoms with Crippen LogP contribution in [-0.4, -0.2) is 32.7 Å². The van der Waals surface area contributed by atoms with Crippen molar-refractivity contribution in [3.05, 3.63) is 59.7 Å². The smallest absolute Gasteiger partial charge is 0.242 e. The first-order valence-corrected chi connectivity index (χ1v) is 9.36. The molecule has 0 spiro atoms. The summed E-state index contributed by atoms with van der Waals surface area (Å²) in [4.78, 5) is 12.2. The van der Waals surface area contributed by atoms with Crippen molar-refractivity contribution in [2.45, 2.75) is 24.3 Å². The number of amides is 1. The molecule has 1 amide bonds. The number of hydrogen-bond donors (Lipinski definition) is 2. The zero-order valence-electron chi connectivity index (χ0n) is 14.4. The van der Waals surface area contributed by atoms with Gasteiger partial charge in [0.25, 0.3) is 0 Å². The van der Waals surface area contributed by atoms with Gasteiger partial charge in [-0.15, -0.1) is 0 Å². The van der Waals surface area contributed by atoms with Crippen molar-refractivity contribution in [2.75, 3.05) is 19.8 Å². The van der Waals surface area contributed by atoms with E-state index < -0.39 is 10.0 Å². The minimum Gasteiger partial charge on any atom is -0.399 e. The fourth-order valence-corrected chi connectivity index (χ4v) is 3.19. The van der Waals surface area contributed by atoms with E-state index in [1.165, 1.54) is 18.4 Å². The topological polar surface area (TPSA) is 92.5 Å². The lowest BCUT2D eigenvalue weighted by Crippen LogP contribution is -2.24. The second-order valence-electron chi connectivity index (χ2n) is 5.91. The molecule has 0 saturated heterocycles. The van der Waals surface area contributed by atoms with Crippen LogP contribution >= 0.6 is 0 Å². The highest BCUT2D eigenvalue weighted by Crippen LogP contribution is 2.14. The van der Waals surface area contributed by atoms with Crippen LogP contribution in [-0.2, 0) is 27.8 Å². The summed E-state index contributed by atoms with van der Waals surface area (Å²) in [5.74, 6) is -0.0757. The van der Waals surface area contributed by atoms with Crippen LogP contribution in [0, 0.1) is 0 Å². The normalized spacial score (nSPS) is 11.5. The molecule has 0 aromatic heterocycles. The predicted molar refractivity (Wildman–Crippen MR) is 98.3 cm³/mol. The van der Waals surface area contributed by atoms with Crippen LogP contribution in [0.5, 0.6) is 0 Å². The Kier molecular flexibility index (Phi) is 6.17. The molecule has 0 saturated carbocycles. The molecule has 134 valence electrons. The van der Waals surface area contributed by atoms with E-state index in [1.807, 2.05) is 24.3 Å². The third-order valence-electron chi connectivity index (χ3n) is 3.87. The van der Waals surface area contributed by atoms with E-state index in [4.69, 9.17) is 5.73 Å². The van der Waals surface area contributed by atoms with Gasteiger partial charge in [0.1, 0.15) is 0 Å². The van der Waals surface area contributed by atoms with Gasteiger partial charge in [-0.3, -0.25) is 4.79 Å². The lowest BCUT2D eigenvalue weighted by molar-refractivity contribution is -0.121. The maximum Gasteiger partial charge on any atom is 0.242 e. The molecule has 7 heteroatoms. The lowest BCUT2D eigenvalue weighted by atomic mass is 10.1. The third kappa shape index (κ3) is 5.04. The fraction of sp³-hybridized carbons (Fsp3) is 0.278. The van der Waals surface area contributed by atoms with Gasteiger partial charge >= 0.3 is 0 Å². The highest BCUT2D eigenvalue weighted by atomic mass is 32.2. The van der Waals surface area contributed by atoms with E-state index >= 15 is 0 Å². The number of benzene rings is 2. The number of hydrogen-bond acceptors (Lipinski definition) is 4. The van der Waals surface area contributed by atoms with Gasteiger partial charge in [0.15, 0.2) is 0 Å². The predicted octanol–water partition coefficient (Wildman–Crippen LogP) is 1.77. The molecule has 0 aliphatic carbocycles. The zero-order valence-corrected chi connectivity index (χ0v) is 15.2. The number of nitrogens with zero attached hydrogens (tertiary/aromatic N) is 1. The van der Waals surface area contributed by atoms with Crippen LogP contribution in [0.15, 0.2) is 53.4 Å². The molecular weight excluding hydrogens is 338 g/mol. The number of nitrogens with two attached hydrogens (primary N) is 1. The summed E-state index contributed by atoms with van der Waals surface area (Å²) < 4.78 is 25.2. The molecule has 25 heavy (non-hydrogen) atoms. The number of nitrogens with one attached hydrogen (secondary N) is 1. The van der Waals surface area contributed by atoms with Crippen molar-refractivity contribution in [3.63, 3.8) is 0 Å². The summed E-state index contributed by atoms with van der Waals surface area (Å²) in [5, 5.41) is 2.83. The van der Waals surface area contributed by atoms with Crippen molar-refractivity contribution in [3.8, 4) is 0 Å². The molecule has 0 aliphatic rings. The van der Waals surface area contributed by atoms with E-state index in [0.29, 0.717) is 25.1 Å². The Morgan fingerprint density at radius 2 is 1.72 bits per heavy atom. The van der Waals surface area contributed by atoms with Crippen LogP contribution in [0.4, 0.5) is 5.69 Å². The summed E-state index contributed by atoms with van der Waals surface area (Å²) in [5.41, 5.74) is 8.34. The third-order valence-corrected chi connectivity index (χ3v) is 5.70. The summed E-state index contributed by atoms with van der Waals surface area (Å²) in [6, 6.07) is 14.0. The van der Waals surface area contributed by atoms with Gasteiger partial charge in [0.2, 0.25) is 15.9 Å². The monoisotopic (exact) mass is 361 g/mol. The van der Waals surface area contributed by atoms with Gasteiger partial charge in [-0.05, 0) is 35.7 Å². The lowest BCUT2D eigenvalue weighted by Gasteiger charge is -2.12. The molecule has 6 nitrogen and oxygen atoms in total. The second-order valence-corrected chi connectivity index (χ2v) is 8.06. The Hall–Kier alpha value is -2.38. The maximum absolute atomic E-state index is 12.0. The standard InChI is InChI=1S/C18H23N3O3S/c1-21(2)25(23,24)16-10-7-14(8-11-16)13-20-18(22)12-9-15-5-3-4-6-17(15)19/h3-8,10-11H,9,12-13,19H2,1-2H3,(H,20,22). The van der Waals surface area contributed by atoms with Gasteiger partial charge in [-0.1, -0.05) is 30.3 Å². The molecule has 0 aliphatic heterocycles. The Labute approximate surface area is 148 Å². The van der Waals surface area contributed by atoms with Gasteiger partial charge < -0.3 is 11.1 Å². The summed E-state index contributed by atoms with van der Waals surface area (Å²) in [6.07, 6.45) is 0.930. The zero-order chi connectivity index (χ0) is 18.4. The largest absolute Gasteiger partial charge is 0.399 e. The maximum atomic E-state index is 12.0. The Balaban J connectivity index is 1.87. The first kappa shape index (κ1) is 19.0. The molecule has 0 fully saturated rings. The van der Waals surface area contributed by atoms with Crippen molar-refractivity contribution < 1.29 is 13.2 Å². The molecule has 0 heterocycles. The molecule has 0 atom stereocenters. The summed E-state index contributed by atoms with van der Waals surface area (Å²) in [7, 11) is -0.456. The van der Waals surface area contributed by atoms with Gasteiger partial charge in [-0.2, -0.15) is 0 Å². The van der Waals surface area contributed by atoms with Crippen molar-refractivity contribution >= 4 is 21.6 Å². The van der Waals surface area contributed by atoms with Crippen LogP contribution in [0.3, 0.4) is 0 Å². The molecule has 2 aromatic rings. The molecular formula is C18H23N3O3S. The summed E-state index contributed by atoms with van der Waals surface area (Å²) >= 11 is 0. The Bertz CT molecular complexity index is 831. The minimum atomic E-state index is -3.43. The molecule has 0 unspecified atom stereocenters. The molecule has 0 bridgehead atoms. The average Bonchev–Trinajstić information content (AvgIpc) is 2.59. The molecule has 3 N–H and O–H groups in total. The quantitative estimate of drug-likeness (QED) is 0.735. The van der Waals surface area contributed by atoms with Gasteiger partial charge in [0.05, 0.1) is 4.90 Å². The minimum absolute atomic E-state index is 0.0757. The van der Waals surface area contributed by atoms with Crippen molar-refractivity contribution in [1.29, 1.82) is 0 Å². The van der Waals surface area contributed by atoms with E-state index in [1.54, 1.807) is 24.3 Å². The number of carbonyl (C=O) groups is 1. The number of aryl methyl sites for hydroxylation is 1. The first-order valence-electron chi connectivity index (χ1n) is 7.92. The van der Waals surface area contributed by atoms with E-state index in [9.17, 15) is 13.2 Å². The van der Waals surface area contributed by atoms with Crippen LogP contribution in [0.2, 0.25) is 0 Å². The molecule has 2 aromatic carbocycles.